The van der Waals surface area contributed by atoms with Crippen molar-refractivity contribution in [2.45, 2.75) is 13.3 Å². The lowest BCUT2D eigenvalue weighted by atomic mass is 10.2. The molecular weight excluding hydrogens is 221 g/mol. The van der Waals surface area contributed by atoms with Crippen molar-refractivity contribution < 1.29 is 9.36 Å². The highest BCUT2D eigenvalue weighted by atomic mass is 32.1. The molecule has 1 aromatic rings. The number of carbonyl (C=O) groups is 1. The SMILES string of the molecule is CCc1sccc1C(=O)NP(N)(N)=O. The summed E-state index contributed by atoms with van der Waals surface area (Å²) in [5, 5.41) is 3.87. The molecule has 0 spiro atoms. The average molecular weight is 233 g/mol. The molecule has 1 amide bonds. The number of amides is 1. The quantitative estimate of drug-likeness (QED) is 0.680. The molecule has 7 heteroatoms. The summed E-state index contributed by atoms with van der Waals surface area (Å²) in [7, 11) is -3.49. The van der Waals surface area contributed by atoms with E-state index in [1.165, 1.54) is 11.3 Å². The lowest BCUT2D eigenvalue weighted by Crippen LogP contribution is -2.28. The van der Waals surface area contributed by atoms with Crippen molar-refractivity contribution in [3.05, 3.63) is 21.9 Å². The Bertz CT molecular complexity index is 384. The zero-order chi connectivity index (χ0) is 10.8. The normalized spacial score (nSPS) is 11.4. The van der Waals surface area contributed by atoms with Gasteiger partial charge in [0.15, 0.2) is 0 Å². The molecule has 5 nitrogen and oxygen atoms in total. The van der Waals surface area contributed by atoms with E-state index in [1.807, 2.05) is 6.92 Å². The van der Waals surface area contributed by atoms with Gasteiger partial charge in [-0.2, -0.15) is 0 Å². The van der Waals surface area contributed by atoms with Crippen molar-refractivity contribution in [3.63, 3.8) is 0 Å². The summed E-state index contributed by atoms with van der Waals surface area (Å²) in [6.45, 7) is 1.94. The first-order chi connectivity index (χ1) is 6.44. The fourth-order valence-electron chi connectivity index (χ4n) is 1.04. The van der Waals surface area contributed by atoms with E-state index in [9.17, 15) is 9.36 Å². The minimum Gasteiger partial charge on any atom is -0.279 e. The molecule has 0 atom stereocenters. The molecule has 78 valence electrons. The third kappa shape index (κ3) is 2.92. The van der Waals surface area contributed by atoms with Crippen LogP contribution in [0.4, 0.5) is 0 Å². The van der Waals surface area contributed by atoms with E-state index >= 15 is 0 Å². The third-order valence-electron chi connectivity index (χ3n) is 1.59. The van der Waals surface area contributed by atoms with E-state index in [0.29, 0.717) is 5.56 Å². The van der Waals surface area contributed by atoms with Gasteiger partial charge in [-0.05, 0) is 17.9 Å². The second kappa shape index (κ2) is 4.23. The number of rotatable bonds is 3. The van der Waals surface area contributed by atoms with Crippen LogP contribution >= 0.6 is 18.9 Å². The van der Waals surface area contributed by atoms with Crippen molar-refractivity contribution >= 4 is 24.8 Å². The maximum Gasteiger partial charge on any atom is 0.300 e. The van der Waals surface area contributed by atoms with Crippen LogP contribution in [0.5, 0.6) is 0 Å². The van der Waals surface area contributed by atoms with Crippen LogP contribution in [0.1, 0.15) is 22.2 Å². The van der Waals surface area contributed by atoms with Crippen molar-refractivity contribution in [1.29, 1.82) is 0 Å². The lowest BCUT2D eigenvalue weighted by molar-refractivity contribution is 0.0980. The molecule has 0 bridgehead atoms. The highest BCUT2D eigenvalue weighted by molar-refractivity contribution is 7.57. The predicted molar refractivity (Wildman–Crippen MR) is 57.1 cm³/mol. The van der Waals surface area contributed by atoms with Crippen LogP contribution in [0.25, 0.3) is 0 Å². The van der Waals surface area contributed by atoms with Crippen molar-refractivity contribution in [1.82, 2.24) is 5.09 Å². The summed E-state index contributed by atoms with van der Waals surface area (Å²) in [5.41, 5.74) is 10.6. The zero-order valence-corrected chi connectivity index (χ0v) is 9.40. The molecule has 0 aromatic carbocycles. The monoisotopic (exact) mass is 233 g/mol. The number of nitrogens with two attached hydrogens (primary N) is 2. The number of hydrogen-bond donors (Lipinski definition) is 3. The van der Waals surface area contributed by atoms with Crippen LogP contribution < -0.4 is 16.1 Å². The van der Waals surface area contributed by atoms with E-state index in [-0.39, 0.29) is 0 Å². The molecule has 0 unspecified atom stereocenters. The summed E-state index contributed by atoms with van der Waals surface area (Å²) >= 11 is 1.47. The molecular formula is C7H12N3O2PS. The summed E-state index contributed by atoms with van der Waals surface area (Å²) in [6.07, 6.45) is 0.750. The van der Waals surface area contributed by atoms with Gasteiger partial charge < -0.3 is 0 Å². The standard InChI is InChI=1S/C7H12N3O2PS/c1-2-6-5(3-4-14-6)7(11)10-13(8,9)12/h3-4H,2H2,1H3,(H5,8,9,10,11,12). The van der Waals surface area contributed by atoms with Gasteiger partial charge in [0.05, 0.1) is 5.56 Å². The molecule has 0 aliphatic heterocycles. The Morgan fingerprint density at radius 2 is 2.29 bits per heavy atom. The molecule has 0 aliphatic rings. The van der Waals surface area contributed by atoms with Gasteiger partial charge in [-0.1, -0.05) is 6.92 Å². The van der Waals surface area contributed by atoms with Gasteiger partial charge in [-0.15, -0.1) is 11.3 Å². The largest absolute Gasteiger partial charge is 0.300 e. The molecule has 1 aromatic heterocycles. The van der Waals surface area contributed by atoms with E-state index < -0.39 is 13.5 Å². The van der Waals surface area contributed by atoms with Gasteiger partial charge in [0.1, 0.15) is 0 Å². The first-order valence-electron chi connectivity index (χ1n) is 4.00. The van der Waals surface area contributed by atoms with Crippen LogP contribution in [0.3, 0.4) is 0 Å². The number of nitrogens with one attached hydrogen (secondary N) is 1. The highest BCUT2D eigenvalue weighted by Gasteiger charge is 2.17. The zero-order valence-electron chi connectivity index (χ0n) is 7.69. The Hall–Kier alpha value is -0.680. The number of aryl methyl sites for hydroxylation is 1. The first kappa shape index (κ1) is 11.4. The van der Waals surface area contributed by atoms with Crippen LogP contribution in [0.2, 0.25) is 0 Å². The number of carbonyl (C=O) groups excluding carboxylic acids is 1. The molecule has 1 rings (SSSR count). The molecule has 0 saturated heterocycles. The fourth-order valence-corrected chi connectivity index (χ4v) is 2.30. The molecule has 0 fully saturated rings. The Morgan fingerprint density at radius 3 is 2.79 bits per heavy atom. The maximum absolute atomic E-state index is 11.5. The summed E-state index contributed by atoms with van der Waals surface area (Å²) in [6, 6.07) is 1.66. The Kier molecular flexibility index (Phi) is 3.44. The molecule has 5 N–H and O–H groups in total. The van der Waals surface area contributed by atoms with E-state index in [1.54, 1.807) is 11.4 Å². The molecule has 0 radical (unpaired) electrons. The van der Waals surface area contributed by atoms with Crippen molar-refractivity contribution in [3.8, 4) is 0 Å². The molecule has 0 aliphatic carbocycles. The van der Waals surface area contributed by atoms with Gasteiger partial charge in [-0.3, -0.25) is 25.5 Å². The second-order valence-corrected chi connectivity index (χ2v) is 5.40. The molecule has 14 heavy (non-hydrogen) atoms. The Morgan fingerprint density at radius 1 is 1.64 bits per heavy atom. The van der Waals surface area contributed by atoms with E-state index in [2.05, 4.69) is 5.09 Å². The van der Waals surface area contributed by atoms with Crippen molar-refractivity contribution in [2.75, 3.05) is 0 Å². The van der Waals surface area contributed by atoms with Crippen LogP contribution in [0.15, 0.2) is 11.4 Å². The van der Waals surface area contributed by atoms with Gasteiger partial charge in [-0.25, -0.2) is 0 Å². The molecule has 0 saturated carbocycles. The first-order valence-corrected chi connectivity index (χ1v) is 6.72. The minimum atomic E-state index is -3.49. The van der Waals surface area contributed by atoms with Crippen LogP contribution in [0, 0.1) is 0 Å². The predicted octanol–water partition coefficient (Wildman–Crippen LogP) is 1.07. The van der Waals surface area contributed by atoms with Gasteiger partial charge in [0, 0.05) is 4.88 Å². The average Bonchev–Trinajstić information content (AvgIpc) is 2.47. The fraction of sp³-hybridized carbons (Fsp3) is 0.286. The smallest absolute Gasteiger partial charge is 0.279 e. The lowest BCUT2D eigenvalue weighted by Gasteiger charge is -2.08. The summed E-state index contributed by atoms with van der Waals surface area (Å²) < 4.78 is 10.9. The Labute approximate surface area is 86.0 Å². The third-order valence-corrected chi connectivity index (χ3v) is 3.21. The highest BCUT2D eigenvalue weighted by Crippen LogP contribution is 2.22. The van der Waals surface area contributed by atoms with Gasteiger partial charge in [0.2, 0.25) is 0 Å². The minimum absolute atomic E-state index is 0.476. The van der Waals surface area contributed by atoms with Crippen LogP contribution in [-0.2, 0) is 11.0 Å². The van der Waals surface area contributed by atoms with E-state index in [0.717, 1.165) is 11.3 Å². The molecule has 1 heterocycles. The summed E-state index contributed by atoms with van der Waals surface area (Å²) in [4.78, 5) is 12.4. The Balaban J connectivity index is 2.85. The van der Waals surface area contributed by atoms with Crippen molar-refractivity contribution in [2.24, 2.45) is 11.0 Å². The second-order valence-electron chi connectivity index (χ2n) is 2.76. The summed E-state index contributed by atoms with van der Waals surface area (Å²) in [5.74, 6) is -0.476. The van der Waals surface area contributed by atoms with Gasteiger partial charge in [0.25, 0.3) is 5.91 Å². The number of hydrogen-bond acceptors (Lipinski definition) is 3. The van der Waals surface area contributed by atoms with Crippen LogP contribution in [-0.4, -0.2) is 5.91 Å². The van der Waals surface area contributed by atoms with Gasteiger partial charge >= 0.3 is 7.59 Å². The van der Waals surface area contributed by atoms with E-state index in [4.69, 9.17) is 11.0 Å². The topological polar surface area (TPSA) is 98.2 Å². The number of thiophene rings is 1. The maximum atomic E-state index is 11.5.